The average Bonchev–Trinajstić information content (AvgIpc) is 2.73. The van der Waals surface area contributed by atoms with Crippen LogP contribution in [0.2, 0.25) is 0 Å². The summed E-state index contributed by atoms with van der Waals surface area (Å²) >= 11 is 1.97. The highest BCUT2D eigenvalue weighted by atomic mass is 32.2. The van der Waals surface area contributed by atoms with Crippen LogP contribution in [0.15, 0.2) is 0 Å². The fraction of sp³-hybridized carbons (Fsp3) is 1.00. The maximum atomic E-state index is 3.79. The van der Waals surface area contributed by atoms with E-state index in [2.05, 4.69) is 16.5 Å². The van der Waals surface area contributed by atoms with Gasteiger partial charge in [-0.15, -0.1) is 0 Å². The van der Waals surface area contributed by atoms with Crippen LogP contribution in [0.5, 0.6) is 0 Å². The summed E-state index contributed by atoms with van der Waals surface area (Å²) in [6.45, 7) is 3.93. The SMILES string of the molecule is CSCCCCNC1CCN2CCCCC12. The summed E-state index contributed by atoms with van der Waals surface area (Å²) in [6.07, 6.45) is 10.6. The predicted molar refractivity (Wildman–Crippen MR) is 73.2 cm³/mol. The standard InChI is InChI=1S/C13H26N2S/c1-16-11-5-3-8-14-12-7-10-15-9-4-2-6-13(12)15/h12-14H,2-11H2,1H3. The Kier molecular flexibility index (Phi) is 5.46. The highest BCUT2D eigenvalue weighted by molar-refractivity contribution is 7.98. The van der Waals surface area contributed by atoms with Gasteiger partial charge in [-0.05, 0) is 57.2 Å². The summed E-state index contributed by atoms with van der Waals surface area (Å²) in [7, 11) is 0. The number of nitrogens with zero attached hydrogens (tertiary/aromatic N) is 1. The Morgan fingerprint density at radius 2 is 2.12 bits per heavy atom. The Morgan fingerprint density at radius 1 is 1.19 bits per heavy atom. The van der Waals surface area contributed by atoms with Gasteiger partial charge in [-0.25, -0.2) is 0 Å². The molecule has 3 heteroatoms. The number of fused-ring (bicyclic) bond motifs is 1. The Hall–Kier alpha value is 0.270. The fourth-order valence-corrected chi connectivity index (χ4v) is 3.64. The summed E-state index contributed by atoms with van der Waals surface area (Å²) in [5.74, 6) is 1.32. The largest absolute Gasteiger partial charge is 0.312 e. The molecule has 0 saturated carbocycles. The zero-order valence-electron chi connectivity index (χ0n) is 10.6. The molecule has 0 aromatic carbocycles. The normalized spacial score (nSPS) is 30.6. The second-order valence-corrected chi connectivity index (χ2v) is 6.13. The molecule has 2 unspecified atom stereocenters. The number of rotatable bonds is 6. The second kappa shape index (κ2) is 6.87. The zero-order chi connectivity index (χ0) is 11.2. The van der Waals surface area contributed by atoms with Gasteiger partial charge in [-0.3, -0.25) is 4.90 Å². The molecule has 0 spiro atoms. The molecule has 2 aliphatic rings. The summed E-state index contributed by atoms with van der Waals surface area (Å²) in [4.78, 5) is 2.71. The van der Waals surface area contributed by atoms with Crippen LogP contribution in [0.4, 0.5) is 0 Å². The molecule has 2 rings (SSSR count). The Bertz CT molecular complexity index is 198. The summed E-state index contributed by atoms with van der Waals surface area (Å²) in [5.41, 5.74) is 0. The van der Waals surface area contributed by atoms with Crippen molar-refractivity contribution in [2.24, 2.45) is 0 Å². The Balaban J connectivity index is 1.62. The highest BCUT2D eigenvalue weighted by Gasteiger charge is 2.34. The Morgan fingerprint density at radius 3 is 3.00 bits per heavy atom. The predicted octanol–water partition coefficient (Wildman–Crippen LogP) is 2.35. The van der Waals surface area contributed by atoms with Crippen molar-refractivity contribution in [2.45, 2.75) is 50.6 Å². The van der Waals surface area contributed by atoms with Crippen LogP contribution in [0.3, 0.4) is 0 Å². The first-order chi connectivity index (χ1) is 7.92. The molecule has 0 bridgehead atoms. The van der Waals surface area contributed by atoms with Crippen molar-refractivity contribution in [3.8, 4) is 0 Å². The zero-order valence-corrected chi connectivity index (χ0v) is 11.4. The molecular weight excluding hydrogens is 216 g/mol. The van der Waals surface area contributed by atoms with Gasteiger partial charge in [0.15, 0.2) is 0 Å². The molecule has 2 atom stereocenters. The molecule has 0 aromatic rings. The molecule has 0 radical (unpaired) electrons. The molecule has 16 heavy (non-hydrogen) atoms. The third-order valence-electron chi connectivity index (χ3n) is 4.04. The fourth-order valence-electron chi connectivity index (χ4n) is 3.14. The van der Waals surface area contributed by atoms with Gasteiger partial charge in [-0.2, -0.15) is 11.8 Å². The van der Waals surface area contributed by atoms with Crippen LogP contribution in [0.1, 0.15) is 38.5 Å². The van der Waals surface area contributed by atoms with Gasteiger partial charge in [0.2, 0.25) is 0 Å². The number of unbranched alkanes of at least 4 members (excludes halogenated alkanes) is 1. The van der Waals surface area contributed by atoms with E-state index >= 15 is 0 Å². The molecular formula is C13H26N2S. The monoisotopic (exact) mass is 242 g/mol. The molecule has 94 valence electrons. The molecule has 0 amide bonds. The van der Waals surface area contributed by atoms with Crippen LogP contribution in [-0.2, 0) is 0 Å². The maximum absolute atomic E-state index is 3.79. The van der Waals surface area contributed by atoms with Crippen LogP contribution < -0.4 is 5.32 Å². The number of hydrogen-bond donors (Lipinski definition) is 1. The van der Waals surface area contributed by atoms with Crippen molar-refractivity contribution in [1.29, 1.82) is 0 Å². The topological polar surface area (TPSA) is 15.3 Å². The smallest absolute Gasteiger partial charge is 0.0249 e. The van der Waals surface area contributed by atoms with Crippen molar-refractivity contribution < 1.29 is 0 Å². The van der Waals surface area contributed by atoms with Crippen LogP contribution in [-0.4, -0.2) is 48.6 Å². The van der Waals surface area contributed by atoms with Gasteiger partial charge in [0, 0.05) is 18.6 Å². The van der Waals surface area contributed by atoms with E-state index in [0.717, 1.165) is 12.1 Å². The van der Waals surface area contributed by atoms with Crippen LogP contribution in [0, 0.1) is 0 Å². The van der Waals surface area contributed by atoms with Crippen molar-refractivity contribution >= 4 is 11.8 Å². The van der Waals surface area contributed by atoms with Gasteiger partial charge in [0.1, 0.15) is 0 Å². The molecule has 1 N–H and O–H groups in total. The second-order valence-electron chi connectivity index (χ2n) is 5.15. The lowest BCUT2D eigenvalue weighted by atomic mass is 9.99. The average molecular weight is 242 g/mol. The molecule has 2 nitrogen and oxygen atoms in total. The van der Waals surface area contributed by atoms with E-state index in [1.165, 1.54) is 63.9 Å². The van der Waals surface area contributed by atoms with Gasteiger partial charge in [-0.1, -0.05) is 6.42 Å². The first-order valence-corrected chi connectivity index (χ1v) is 8.27. The van der Waals surface area contributed by atoms with Gasteiger partial charge in [0.25, 0.3) is 0 Å². The maximum Gasteiger partial charge on any atom is 0.0249 e. The van der Waals surface area contributed by atoms with E-state index in [9.17, 15) is 0 Å². The molecule has 0 aliphatic carbocycles. The van der Waals surface area contributed by atoms with E-state index in [0.29, 0.717) is 0 Å². The van der Waals surface area contributed by atoms with E-state index in [1.54, 1.807) is 0 Å². The summed E-state index contributed by atoms with van der Waals surface area (Å²) in [6, 6.07) is 1.67. The van der Waals surface area contributed by atoms with E-state index in [-0.39, 0.29) is 0 Å². The lowest BCUT2D eigenvalue weighted by molar-refractivity contribution is 0.180. The van der Waals surface area contributed by atoms with Crippen molar-refractivity contribution in [1.82, 2.24) is 10.2 Å². The minimum Gasteiger partial charge on any atom is -0.312 e. The lowest BCUT2D eigenvalue weighted by Gasteiger charge is -2.32. The summed E-state index contributed by atoms with van der Waals surface area (Å²) < 4.78 is 0. The number of hydrogen-bond acceptors (Lipinski definition) is 3. The molecule has 0 aromatic heterocycles. The van der Waals surface area contributed by atoms with E-state index in [4.69, 9.17) is 0 Å². The van der Waals surface area contributed by atoms with E-state index < -0.39 is 0 Å². The first-order valence-electron chi connectivity index (χ1n) is 6.88. The van der Waals surface area contributed by atoms with Gasteiger partial charge >= 0.3 is 0 Å². The van der Waals surface area contributed by atoms with E-state index in [1.807, 2.05) is 11.8 Å². The minimum absolute atomic E-state index is 0.801. The number of thioether (sulfide) groups is 1. The molecule has 2 fully saturated rings. The number of nitrogens with one attached hydrogen (secondary N) is 1. The van der Waals surface area contributed by atoms with Crippen LogP contribution in [0.25, 0.3) is 0 Å². The van der Waals surface area contributed by atoms with Crippen molar-refractivity contribution in [2.75, 3.05) is 31.6 Å². The van der Waals surface area contributed by atoms with Gasteiger partial charge in [0.05, 0.1) is 0 Å². The molecule has 2 saturated heterocycles. The number of piperidine rings is 1. The van der Waals surface area contributed by atoms with Gasteiger partial charge < -0.3 is 5.32 Å². The van der Waals surface area contributed by atoms with Crippen molar-refractivity contribution in [3.05, 3.63) is 0 Å². The van der Waals surface area contributed by atoms with Crippen LogP contribution >= 0.6 is 11.8 Å². The molecule has 2 aliphatic heterocycles. The summed E-state index contributed by atoms with van der Waals surface area (Å²) in [5, 5.41) is 3.79. The molecule has 2 heterocycles. The highest BCUT2D eigenvalue weighted by Crippen LogP contribution is 2.26. The Labute approximate surface area is 105 Å². The van der Waals surface area contributed by atoms with Crippen molar-refractivity contribution in [3.63, 3.8) is 0 Å². The quantitative estimate of drug-likeness (QED) is 0.720. The lowest BCUT2D eigenvalue weighted by Crippen LogP contribution is -2.45. The third kappa shape index (κ3) is 3.38. The third-order valence-corrected chi connectivity index (χ3v) is 4.73. The first kappa shape index (κ1) is 12.7. The minimum atomic E-state index is 0.801.